The minimum atomic E-state index is -0.444. The van der Waals surface area contributed by atoms with E-state index in [-0.39, 0.29) is 29.3 Å². The first-order chi connectivity index (χ1) is 16.8. The Bertz CT molecular complexity index is 1460. The Hall–Kier alpha value is -3.82. The highest BCUT2D eigenvalue weighted by atomic mass is 35.5. The number of anilines is 2. The van der Waals surface area contributed by atoms with E-state index >= 15 is 0 Å². The van der Waals surface area contributed by atoms with Crippen molar-refractivity contribution in [3.05, 3.63) is 92.5 Å². The number of thiazole rings is 1. The maximum Gasteiger partial charge on any atom is 0.269 e. The molecule has 176 valence electrons. The van der Waals surface area contributed by atoms with Gasteiger partial charge in [-0.1, -0.05) is 47.2 Å². The highest BCUT2D eigenvalue weighted by Gasteiger charge is 2.44. The van der Waals surface area contributed by atoms with Gasteiger partial charge in [0.2, 0.25) is 5.91 Å². The number of nitrogens with one attached hydrogen (secondary N) is 2. The summed E-state index contributed by atoms with van der Waals surface area (Å²) in [6, 6.07) is 16.9. The standard InChI is InChI=1S/C25H19ClN4O4S/c1-13-3-2-4-19(26)22(13)28-23(31)15-7-10-20-21(11-15)35-25(27-20)29-24(32)18-12-17(18)14-5-8-16(9-6-14)30(33)34/h2-11,17-18H,12H2,1H3,(H,28,31)(H,27,29,32)/t17-,18+/m0/s1. The van der Waals surface area contributed by atoms with Crippen molar-refractivity contribution in [3.8, 4) is 0 Å². The average molecular weight is 507 g/mol. The van der Waals surface area contributed by atoms with Gasteiger partial charge in [-0.2, -0.15) is 0 Å². The summed E-state index contributed by atoms with van der Waals surface area (Å²) in [4.78, 5) is 40.3. The van der Waals surface area contributed by atoms with Gasteiger partial charge < -0.3 is 10.6 Å². The Labute approximate surface area is 209 Å². The van der Waals surface area contributed by atoms with Gasteiger partial charge in [0, 0.05) is 23.6 Å². The lowest BCUT2D eigenvalue weighted by Gasteiger charge is -2.10. The fourth-order valence-electron chi connectivity index (χ4n) is 3.99. The number of aryl methyl sites for hydroxylation is 1. The largest absolute Gasteiger partial charge is 0.320 e. The summed E-state index contributed by atoms with van der Waals surface area (Å²) in [6.45, 7) is 1.87. The van der Waals surface area contributed by atoms with Crippen LogP contribution in [0.2, 0.25) is 5.02 Å². The molecule has 0 radical (unpaired) electrons. The molecule has 0 unspecified atom stereocenters. The summed E-state index contributed by atoms with van der Waals surface area (Å²) in [7, 11) is 0. The van der Waals surface area contributed by atoms with Crippen molar-refractivity contribution < 1.29 is 14.5 Å². The van der Waals surface area contributed by atoms with Crippen molar-refractivity contribution in [2.24, 2.45) is 5.92 Å². The van der Waals surface area contributed by atoms with Crippen LogP contribution in [0.25, 0.3) is 10.2 Å². The van der Waals surface area contributed by atoms with E-state index in [1.807, 2.05) is 19.1 Å². The van der Waals surface area contributed by atoms with E-state index < -0.39 is 4.92 Å². The van der Waals surface area contributed by atoms with Crippen LogP contribution in [0, 0.1) is 23.0 Å². The highest BCUT2D eigenvalue weighted by molar-refractivity contribution is 7.22. The van der Waals surface area contributed by atoms with Gasteiger partial charge in [0.05, 0.1) is 25.8 Å². The molecule has 1 aliphatic rings. The summed E-state index contributed by atoms with van der Waals surface area (Å²) in [5.41, 5.74) is 3.51. The molecular formula is C25H19ClN4O4S. The molecule has 2 N–H and O–H groups in total. The van der Waals surface area contributed by atoms with Gasteiger partial charge in [0.15, 0.2) is 5.13 Å². The lowest BCUT2D eigenvalue weighted by Crippen LogP contribution is -2.14. The van der Waals surface area contributed by atoms with E-state index in [2.05, 4.69) is 15.6 Å². The third-order valence-corrected chi connectivity index (χ3v) is 7.25. The zero-order valence-corrected chi connectivity index (χ0v) is 20.0. The van der Waals surface area contributed by atoms with Gasteiger partial charge in [-0.15, -0.1) is 0 Å². The van der Waals surface area contributed by atoms with Crippen LogP contribution in [0.15, 0.2) is 60.7 Å². The van der Waals surface area contributed by atoms with Gasteiger partial charge in [-0.3, -0.25) is 19.7 Å². The molecule has 1 heterocycles. The summed E-state index contributed by atoms with van der Waals surface area (Å²) in [5.74, 6) is -0.594. The number of non-ortho nitro benzene ring substituents is 1. The summed E-state index contributed by atoms with van der Waals surface area (Å²) < 4.78 is 0.770. The first kappa shape index (κ1) is 22.9. The smallest absolute Gasteiger partial charge is 0.269 e. The van der Waals surface area contributed by atoms with Gasteiger partial charge >= 0.3 is 0 Å². The van der Waals surface area contributed by atoms with Crippen LogP contribution in [-0.4, -0.2) is 21.7 Å². The first-order valence-corrected chi connectivity index (χ1v) is 12.0. The van der Waals surface area contributed by atoms with Gasteiger partial charge in [-0.25, -0.2) is 4.98 Å². The Morgan fingerprint density at radius 1 is 1.11 bits per heavy atom. The van der Waals surface area contributed by atoms with Crippen molar-refractivity contribution >= 4 is 61.5 Å². The number of amides is 2. The SMILES string of the molecule is Cc1cccc(Cl)c1NC(=O)c1ccc2nc(NC(=O)[C@@H]3C[C@H]3c3ccc([N+](=O)[O-])cc3)sc2c1. The average Bonchev–Trinajstić information content (AvgIpc) is 3.54. The maximum atomic E-state index is 12.8. The normalized spacial score (nSPS) is 16.6. The second-order valence-electron chi connectivity index (χ2n) is 8.37. The predicted octanol–water partition coefficient (Wildman–Crippen LogP) is 6.16. The lowest BCUT2D eigenvalue weighted by molar-refractivity contribution is -0.384. The molecule has 0 aliphatic heterocycles. The molecule has 5 rings (SSSR count). The van der Waals surface area contributed by atoms with Crippen LogP contribution in [0.3, 0.4) is 0 Å². The molecule has 10 heteroatoms. The molecular weight excluding hydrogens is 488 g/mol. The monoisotopic (exact) mass is 506 g/mol. The topological polar surface area (TPSA) is 114 Å². The molecule has 35 heavy (non-hydrogen) atoms. The Morgan fingerprint density at radius 3 is 2.60 bits per heavy atom. The molecule has 1 fully saturated rings. The number of hydrogen-bond acceptors (Lipinski definition) is 6. The van der Waals surface area contributed by atoms with Gasteiger partial charge in [0.25, 0.3) is 11.6 Å². The predicted molar refractivity (Wildman–Crippen MR) is 136 cm³/mol. The number of benzene rings is 3. The Morgan fingerprint density at radius 2 is 1.89 bits per heavy atom. The number of aromatic nitrogens is 1. The quantitative estimate of drug-likeness (QED) is 0.240. The zero-order chi connectivity index (χ0) is 24.7. The molecule has 2 atom stereocenters. The van der Waals surface area contributed by atoms with Crippen LogP contribution in [0.5, 0.6) is 0 Å². The van der Waals surface area contributed by atoms with Crippen molar-refractivity contribution in [3.63, 3.8) is 0 Å². The molecule has 0 bridgehead atoms. The number of rotatable bonds is 6. The third-order valence-electron chi connectivity index (χ3n) is 6.00. The Balaban J connectivity index is 1.26. The fourth-order valence-corrected chi connectivity index (χ4v) is 5.17. The van der Waals surface area contributed by atoms with E-state index in [4.69, 9.17) is 11.6 Å². The van der Waals surface area contributed by atoms with E-state index in [9.17, 15) is 19.7 Å². The molecule has 1 saturated carbocycles. The number of fused-ring (bicyclic) bond motifs is 1. The minimum absolute atomic E-state index is 0.0277. The summed E-state index contributed by atoms with van der Waals surface area (Å²) >= 11 is 7.51. The van der Waals surface area contributed by atoms with Crippen molar-refractivity contribution in [2.75, 3.05) is 10.6 Å². The second-order valence-corrected chi connectivity index (χ2v) is 9.81. The zero-order valence-electron chi connectivity index (χ0n) is 18.4. The van der Waals surface area contributed by atoms with E-state index in [0.717, 1.165) is 15.8 Å². The maximum absolute atomic E-state index is 12.8. The number of carbonyl (C=O) groups excluding carboxylic acids is 2. The number of nitrogens with zero attached hydrogens (tertiary/aromatic N) is 2. The van der Waals surface area contributed by atoms with Crippen LogP contribution in [-0.2, 0) is 4.79 Å². The van der Waals surface area contributed by atoms with Gasteiger partial charge in [-0.05, 0) is 54.7 Å². The van der Waals surface area contributed by atoms with Crippen LogP contribution < -0.4 is 10.6 Å². The summed E-state index contributed by atoms with van der Waals surface area (Å²) in [5, 5.41) is 17.5. The van der Waals surface area contributed by atoms with Crippen molar-refractivity contribution in [2.45, 2.75) is 19.3 Å². The molecule has 3 aromatic carbocycles. The van der Waals surface area contributed by atoms with Crippen molar-refractivity contribution in [1.82, 2.24) is 4.98 Å². The molecule has 1 aliphatic carbocycles. The second kappa shape index (κ2) is 9.09. The lowest BCUT2D eigenvalue weighted by atomic mass is 10.1. The number of halogens is 1. The molecule has 8 nitrogen and oxygen atoms in total. The van der Waals surface area contributed by atoms with Crippen LogP contribution in [0.1, 0.15) is 33.8 Å². The van der Waals surface area contributed by atoms with E-state index in [0.29, 0.717) is 33.3 Å². The first-order valence-electron chi connectivity index (χ1n) is 10.8. The molecule has 2 amide bonds. The fraction of sp³-hybridized carbons (Fsp3) is 0.160. The third kappa shape index (κ3) is 4.73. The van der Waals surface area contributed by atoms with Crippen molar-refractivity contribution in [1.29, 1.82) is 0 Å². The number of carbonyl (C=O) groups is 2. The van der Waals surface area contributed by atoms with Gasteiger partial charge in [0.1, 0.15) is 0 Å². The number of nitro benzene ring substituents is 1. The minimum Gasteiger partial charge on any atom is -0.320 e. The van der Waals surface area contributed by atoms with E-state index in [1.54, 1.807) is 36.4 Å². The molecule has 0 spiro atoms. The molecule has 1 aromatic heterocycles. The van der Waals surface area contributed by atoms with Crippen LogP contribution in [0.4, 0.5) is 16.5 Å². The number of para-hydroxylation sites is 1. The summed E-state index contributed by atoms with van der Waals surface area (Å²) in [6.07, 6.45) is 0.681. The molecule has 0 saturated heterocycles. The Kier molecular flexibility index (Phi) is 5.96. The number of hydrogen-bond donors (Lipinski definition) is 2. The van der Waals surface area contributed by atoms with Crippen LogP contribution >= 0.6 is 22.9 Å². The molecule has 4 aromatic rings. The van der Waals surface area contributed by atoms with E-state index in [1.165, 1.54) is 23.5 Å². The number of nitro groups is 1. The highest BCUT2D eigenvalue weighted by Crippen LogP contribution is 2.48.